The van der Waals surface area contributed by atoms with Crippen LogP contribution in [0.5, 0.6) is 0 Å². The summed E-state index contributed by atoms with van der Waals surface area (Å²) in [6, 6.07) is 1.80. The molecular weight excluding hydrogens is 286 g/mol. The Morgan fingerprint density at radius 1 is 1.41 bits per heavy atom. The Kier molecular flexibility index (Phi) is 3.92. The third-order valence-corrected chi connectivity index (χ3v) is 4.04. The molecule has 1 aliphatic rings. The highest BCUT2D eigenvalue weighted by molar-refractivity contribution is 9.10. The van der Waals surface area contributed by atoms with Crippen molar-refractivity contribution in [2.24, 2.45) is 0 Å². The van der Waals surface area contributed by atoms with Crippen molar-refractivity contribution in [1.29, 1.82) is 0 Å². The first-order chi connectivity index (χ1) is 8.03. The van der Waals surface area contributed by atoms with Crippen LogP contribution in [-0.4, -0.2) is 41.8 Å². The standard InChI is InChI=1S/C12H18BrNO3/c1-12(2,14-4-7-16-8-5-14)11(15)10-9(13)3-6-17-10/h3,6,11,15H,4-5,7-8H2,1-2H3. The van der Waals surface area contributed by atoms with Crippen LogP contribution in [0.15, 0.2) is 21.2 Å². The highest BCUT2D eigenvalue weighted by Crippen LogP contribution is 2.35. The van der Waals surface area contributed by atoms with Crippen molar-refractivity contribution < 1.29 is 14.3 Å². The van der Waals surface area contributed by atoms with Crippen LogP contribution in [-0.2, 0) is 4.74 Å². The molecule has 5 heteroatoms. The minimum atomic E-state index is -0.662. The van der Waals surface area contributed by atoms with E-state index in [-0.39, 0.29) is 5.54 Å². The molecule has 4 nitrogen and oxygen atoms in total. The fourth-order valence-electron chi connectivity index (χ4n) is 2.13. The molecule has 0 radical (unpaired) electrons. The number of rotatable bonds is 3. The molecule has 1 N–H and O–H groups in total. The minimum absolute atomic E-state index is 0.371. The third-order valence-electron chi connectivity index (χ3n) is 3.39. The Hall–Kier alpha value is -0.360. The van der Waals surface area contributed by atoms with Gasteiger partial charge >= 0.3 is 0 Å². The molecule has 1 aliphatic heterocycles. The quantitative estimate of drug-likeness (QED) is 0.930. The van der Waals surface area contributed by atoms with E-state index in [0.29, 0.717) is 5.76 Å². The van der Waals surface area contributed by atoms with Gasteiger partial charge in [-0.05, 0) is 35.8 Å². The second-order valence-electron chi connectivity index (χ2n) is 4.79. The zero-order valence-electron chi connectivity index (χ0n) is 10.1. The molecule has 1 aromatic rings. The van der Waals surface area contributed by atoms with E-state index in [1.54, 1.807) is 12.3 Å². The maximum Gasteiger partial charge on any atom is 0.148 e. The lowest BCUT2D eigenvalue weighted by Gasteiger charge is -2.43. The van der Waals surface area contributed by atoms with Crippen LogP contribution in [0.2, 0.25) is 0 Å². The number of aliphatic hydroxyl groups is 1. The van der Waals surface area contributed by atoms with Crippen LogP contribution in [0.1, 0.15) is 25.7 Å². The van der Waals surface area contributed by atoms with Crippen molar-refractivity contribution in [3.8, 4) is 0 Å². The Labute approximate surface area is 110 Å². The summed E-state index contributed by atoms with van der Waals surface area (Å²) in [4.78, 5) is 2.23. The van der Waals surface area contributed by atoms with Gasteiger partial charge in [0.05, 0.1) is 23.9 Å². The van der Waals surface area contributed by atoms with E-state index >= 15 is 0 Å². The number of aliphatic hydroxyl groups excluding tert-OH is 1. The number of morpholine rings is 1. The summed E-state index contributed by atoms with van der Waals surface area (Å²) in [5.74, 6) is 0.585. The highest BCUT2D eigenvalue weighted by Gasteiger charge is 2.38. The first-order valence-corrected chi connectivity index (χ1v) is 6.56. The molecule has 1 unspecified atom stereocenters. The summed E-state index contributed by atoms with van der Waals surface area (Å²) in [5.41, 5.74) is -0.371. The van der Waals surface area contributed by atoms with Crippen molar-refractivity contribution in [2.45, 2.75) is 25.5 Å². The molecule has 1 aromatic heterocycles. The van der Waals surface area contributed by atoms with Crippen molar-refractivity contribution >= 4 is 15.9 Å². The molecule has 1 fully saturated rings. The van der Waals surface area contributed by atoms with E-state index in [2.05, 4.69) is 20.8 Å². The summed E-state index contributed by atoms with van der Waals surface area (Å²) < 4.78 is 11.5. The normalized spacial score (nSPS) is 20.5. The lowest BCUT2D eigenvalue weighted by molar-refractivity contribution is -0.0692. The number of ether oxygens (including phenoxy) is 1. The molecule has 2 heterocycles. The Morgan fingerprint density at radius 3 is 2.59 bits per heavy atom. The van der Waals surface area contributed by atoms with Crippen molar-refractivity contribution in [3.05, 3.63) is 22.6 Å². The summed E-state index contributed by atoms with van der Waals surface area (Å²) >= 11 is 3.39. The number of furan rings is 1. The van der Waals surface area contributed by atoms with E-state index in [4.69, 9.17) is 9.15 Å². The van der Waals surface area contributed by atoms with Gasteiger partial charge in [0, 0.05) is 18.6 Å². The molecule has 0 aliphatic carbocycles. The number of halogens is 1. The lowest BCUT2D eigenvalue weighted by Crippen LogP contribution is -2.53. The molecular formula is C12H18BrNO3. The molecule has 0 spiro atoms. The van der Waals surface area contributed by atoms with E-state index in [1.807, 2.05) is 13.8 Å². The van der Waals surface area contributed by atoms with Gasteiger partial charge in [0.2, 0.25) is 0 Å². The zero-order valence-corrected chi connectivity index (χ0v) is 11.7. The minimum Gasteiger partial charge on any atom is -0.465 e. The van der Waals surface area contributed by atoms with Crippen molar-refractivity contribution in [2.75, 3.05) is 26.3 Å². The second-order valence-corrected chi connectivity index (χ2v) is 5.64. The van der Waals surface area contributed by atoms with Crippen LogP contribution in [0.3, 0.4) is 0 Å². The van der Waals surface area contributed by atoms with Gasteiger partial charge in [-0.15, -0.1) is 0 Å². The van der Waals surface area contributed by atoms with Crippen molar-refractivity contribution in [1.82, 2.24) is 4.90 Å². The molecule has 0 amide bonds. The SMILES string of the molecule is CC(C)(C(O)c1occc1Br)N1CCOCC1. The largest absolute Gasteiger partial charge is 0.465 e. The van der Waals surface area contributed by atoms with E-state index in [0.717, 1.165) is 30.8 Å². The molecule has 1 atom stereocenters. The van der Waals surface area contributed by atoms with Crippen LogP contribution in [0.4, 0.5) is 0 Å². The average Bonchev–Trinajstić information content (AvgIpc) is 2.75. The van der Waals surface area contributed by atoms with E-state index in [1.165, 1.54) is 0 Å². The van der Waals surface area contributed by atoms with Gasteiger partial charge in [-0.2, -0.15) is 0 Å². The lowest BCUT2D eigenvalue weighted by atomic mass is 9.92. The van der Waals surface area contributed by atoms with Crippen LogP contribution >= 0.6 is 15.9 Å². The topological polar surface area (TPSA) is 45.8 Å². The summed E-state index contributed by atoms with van der Waals surface area (Å²) in [7, 11) is 0. The molecule has 0 saturated carbocycles. The van der Waals surface area contributed by atoms with E-state index in [9.17, 15) is 5.11 Å². The molecule has 17 heavy (non-hydrogen) atoms. The molecule has 1 saturated heterocycles. The molecule has 2 rings (SSSR count). The Bertz CT molecular complexity index is 372. The maximum atomic E-state index is 10.5. The first kappa shape index (κ1) is 13.1. The van der Waals surface area contributed by atoms with Gasteiger partial charge in [0.15, 0.2) is 0 Å². The summed E-state index contributed by atoms with van der Waals surface area (Å²) in [6.45, 7) is 7.16. The zero-order chi connectivity index (χ0) is 12.5. The summed E-state index contributed by atoms with van der Waals surface area (Å²) in [5, 5.41) is 10.5. The first-order valence-electron chi connectivity index (χ1n) is 5.77. The van der Waals surface area contributed by atoms with Gasteiger partial charge in [-0.3, -0.25) is 4.90 Å². The molecule has 96 valence electrons. The second kappa shape index (κ2) is 5.10. The van der Waals surface area contributed by atoms with Gasteiger partial charge in [0.1, 0.15) is 11.9 Å². The number of nitrogens with zero attached hydrogens (tertiary/aromatic N) is 1. The van der Waals surface area contributed by atoms with Gasteiger partial charge in [-0.25, -0.2) is 0 Å². The smallest absolute Gasteiger partial charge is 0.148 e. The van der Waals surface area contributed by atoms with Gasteiger partial charge in [-0.1, -0.05) is 0 Å². The maximum absolute atomic E-state index is 10.5. The fraction of sp³-hybridized carbons (Fsp3) is 0.667. The van der Waals surface area contributed by atoms with Gasteiger partial charge < -0.3 is 14.3 Å². The van der Waals surface area contributed by atoms with E-state index < -0.39 is 6.10 Å². The average molecular weight is 304 g/mol. The highest BCUT2D eigenvalue weighted by atomic mass is 79.9. The van der Waals surface area contributed by atoms with Gasteiger partial charge in [0.25, 0.3) is 0 Å². The molecule has 0 bridgehead atoms. The fourth-order valence-corrected chi connectivity index (χ4v) is 2.55. The van der Waals surface area contributed by atoms with Crippen LogP contribution < -0.4 is 0 Å². The van der Waals surface area contributed by atoms with Crippen LogP contribution in [0.25, 0.3) is 0 Å². The number of hydrogen-bond donors (Lipinski definition) is 1. The van der Waals surface area contributed by atoms with Crippen LogP contribution in [0, 0.1) is 0 Å². The predicted molar refractivity (Wildman–Crippen MR) is 67.8 cm³/mol. The predicted octanol–water partition coefficient (Wildman–Crippen LogP) is 2.19. The molecule has 0 aromatic carbocycles. The monoisotopic (exact) mass is 303 g/mol. The third kappa shape index (κ3) is 2.57. The number of hydrogen-bond acceptors (Lipinski definition) is 4. The Balaban J connectivity index is 2.16. The Morgan fingerprint density at radius 2 is 2.06 bits per heavy atom. The van der Waals surface area contributed by atoms with Crippen molar-refractivity contribution in [3.63, 3.8) is 0 Å². The summed E-state index contributed by atoms with van der Waals surface area (Å²) in [6.07, 6.45) is 0.919.